The van der Waals surface area contributed by atoms with E-state index in [0.717, 1.165) is 44.6 Å². The summed E-state index contributed by atoms with van der Waals surface area (Å²) in [6.07, 6.45) is 2.53. The van der Waals surface area contributed by atoms with Gasteiger partial charge in [0.25, 0.3) is 5.91 Å². The lowest BCUT2D eigenvalue weighted by molar-refractivity contribution is -0.138. The molecule has 0 aliphatic carbocycles. The normalized spacial score (nSPS) is 13.8. The van der Waals surface area contributed by atoms with Gasteiger partial charge in [-0.15, -0.1) is 0 Å². The van der Waals surface area contributed by atoms with Gasteiger partial charge in [-0.05, 0) is 44.4 Å². The lowest BCUT2D eigenvalue weighted by Gasteiger charge is -2.22. The van der Waals surface area contributed by atoms with Crippen molar-refractivity contribution >= 4 is 21.4 Å². The highest BCUT2D eigenvalue weighted by Gasteiger charge is 2.35. The SMILES string of the molecule is CCCCS(=O)(=O)CCCCCCCCC[C@](C)(O)C(=O)Nc1ccc(C#N)c(C(F)(F)F)c1. The summed E-state index contributed by atoms with van der Waals surface area (Å²) in [6, 6.07) is 4.33. The molecule has 0 fully saturated rings. The van der Waals surface area contributed by atoms with Crippen LogP contribution in [0.25, 0.3) is 0 Å². The first-order valence-electron chi connectivity index (χ1n) is 11.7. The van der Waals surface area contributed by atoms with Crippen LogP contribution in [-0.4, -0.2) is 36.5 Å². The van der Waals surface area contributed by atoms with Gasteiger partial charge < -0.3 is 10.4 Å². The van der Waals surface area contributed by atoms with Crippen LogP contribution in [0.1, 0.15) is 89.2 Å². The number of amides is 1. The van der Waals surface area contributed by atoms with Crippen LogP contribution in [0.5, 0.6) is 0 Å². The molecular weight excluding hydrogens is 469 g/mol. The zero-order chi connectivity index (χ0) is 25.8. The van der Waals surface area contributed by atoms with Gasteiger partial charge in [0.05, 0.1) is 28.7 Å². The van der Waals surface area contributed by atoms with Crippen LogP contribution in [0, 0.1) is 11.3 Å². The smallest absolute Gasteiger partial charge is 0.380 e. The molecule has 192 valence electrons. The van der Waals surface area contributed by atoms with Crippen LogP contribution in [0.4, 0.5) is 18.9 Å². The molecule has 0 bridgehead atoms. The fraction of sp³-hybridized carbons (Fsp3) is 0.667. The number of unbranched alkanes of at least 4 members (excludes halogenated alkanes) is 7. The van der Waals surface area contributed by atoms with Crippen molar-refractivity contribution in [1.82, 2.24) is 0 Å². The molecule has 10 heteroatoms. The quantitative estimate of drug-likeness (QED) is 0.302. The molecule has 34 heavy (non-hydrogen) atoms. The number of hydrogen-bond donors (Lipinski definition) is 2. The largest absolute Gasteiger partial charge is 0.417 e. The zero-order valence-electron chi connectivity index (χ0n) is 19.9. The number of nitriles is 1. The van der Waals surface area contributed by atoms with E-state index in [2.05, 4.69) is 5.32 Å². The molecular formula is C24H35F3N2O4S. The highest BCUT2D eigenvalue weighted by Crippen LogP contribution is 2.33. The van der Waals surface area contributed by atoms with Gasteiger partial charge in [-0.3, -0.25) is 4.79 Å². The molecule has 0 spiro atoms. The number of aliphatic hydroxyl groups is 1. The highest BCUT2D eigenvalue weighted by atomic mass is 32.2. The monoisotopic (exact) mass is 504 g/mol. The Hall–Kier alpha value is -2.12. The summed E-state index contributed by atoms with van der Waals surface area (Å²) < 4.78 is 62.8. The molecule has 6 nitrogen and oxygen atoms in total. The van der Waals surface area contributed by atoms with Gasteiger partial charge in [0, 0.05) is 5.69 Å². The van der Waals surface area contributed by atoms with Crippen molar-refractivity contribution in [3.63, 3.8) is 0 Å². The van der Waals surface area contributed by atoms with Gasteiger partial charge in [0.1, 0.15) is 15.4 Å². The maximum Gasteiger partial charge on any atom is 0.417 e. The van der Waals surface area contributed by atoms with Crippen LogP contribution in [0.3, 0.4) is 0 Å². The van der Waals surface area contributed by atoms with Crippen molar-refractivity contribution in [2.24, 2.45) is 0 Å². The van der Waals surface area contributed by atoms with Gasteiger partial charge >= 0.3 is 6.18 Å². The van der Waals surface area contributed by atoms with Crippen molar-refractivity contribution in [2.75, 3.05) is 16.8 Å². The van der Waals surface area contributed by atoms with Crippen molar-refractivity contribution in [1.29, 1.82) is 5.26 Å². The average Bonchev–Trinajstić information content (AvgIpc) is 2.75. The van der Waals surface area contributed by atoms with Crippen LogP contribution in [0.2, 0.25) is 0 Å². The lowest BCUT2D eigenvalue weighted by atomic mass is 9.96. The maximum absolute atomic E-state index is 13.1. The molecule has 0 saturated heterocycles. The fourth-order valence-corrected chi connectivity index (χ4v) is 5.05. The van der Waals surface area contributed by atoms with E-state index in [-0.39, 0.29) is 23.6 Å². The summed E-state index contributed by atoms with van der Waals surface area (Å²) in [5.74, 6) is -0.324. The van der Waals surface area contributed by atoms with Gasteiger partial charge in [-0.1, -0.05) is 51.9 Å². The Balaban J connectivity index is 2.36. The van der Waals surface area contributed by atoms with Gasteiger partial charge in [0.15, 0.2) is 0 Å². The van der Waals surface area contributed by atoms with E-state index in [1.807, 2.05) is 6.92 Å². The molecule has 0 heterocycles. The molecule has 0 aliphatic heterocycles. The summed E-state index contributed by atoms with van der Waals surface area (Å²) in [5, 5.41) is 21.6. The lowest BCUT2D eigenvalue weighted by Crippen LogP contribution is -2.40. The number of rotatable bonds is 15. The Bertz CT molecular complexity index is 939. The summed E-state index contributed by atoms with van der Waals surface area (Å²) in [4.78, 5) is 12.4. The second-order valence-corrected chi connectivity index (χ2v) is 11.1. The second-order valence-electron chi connectivity index (χ2n) is 8.83. The average molecular weight is 505 g/mol. The topological polar surface area (TPSA) is 107 Å². The van der Waals surface area contributed by atoms with Gasteiger partial charge in [-0.25, -0.2) is 8.42 Å². The number of sulfone groups is 1. The summed E-state index contributed by atoms with van der Waals surface area (Å²) >= 11 is 0. The van der Waals surface area contributed by atoms with E-state index in [0.29, 0.717) is 25.3 Å². The molecule has 1 amide bonds. The molecule has 0 radical (unpaired) electrons. The number of alkyl halides is 3. The number of benzene rings is 1. The van der Waals surface area contributed by atoms with Gasteiger partial charge in [0.2, 0.25) is 0 Å². The number of nitrogens with one attached hydrogen (secondary N) is 1. The van der Waals surface area contributed by atoms with E-state index >= 15 is 0 Å². The number of carbonyl (C=O) groups excluding carboxylic acids is 1. The molecule has 1 rings (SSSR count). The number of halogens is 3. The number of hydrogen-bond acceptors (Lipinski definition) is 5. The zero-order valence-corrected chi connectivity index (χ0v) is 20.7. The Kier molecular flexibility index (Phi) is 12.0. The van der Waals surface area contributed by atoms with Crippen LogP contribution < -0.4 is 5.32 Å². The Labute approximate surface area is 200 Å². The first kappa shape index (κ1) is 29.9. The summed E-state index contributed by atoms with van der Waals surface area (Å²) in [6.45, 7) is 3.28. The van der Waals surface area contributed by atoms with Crippen LogP contribution >= 0.6 is 0 Å². The molecule has 0 saturated carbocycles. The Morgan fingerprint density at radius 2 is 1.59 bits per heavy atom. The number of carbonyl (C=O) groups is 1. The van der Waals surface area contributed by atoms with Crippen LogP contribution in [0.15, 0.2) is 18.2 Å². The van der Waals surface area contributed by atoms with E-state index < -0.39 is 38.6 Å². The van der Waals surface area contributed by atoms with Crippen molar-refractivity contribution in [3.05, 3.63) is 29.3 Å². The van der Waals surface area contributed by atoms with E-state index in [1.165, 1.54) is 19.1 Å². The van der Waals surface area contributed by atoms with Gasteiger partial charge in [-0.2, -0.15) is 18.4 Å². The number of nitrogens with zero attached hydrogens (tertiary/aromatic N) is 1. The van der Waals surface area contributed by atoms with Crippen LogP contribution in [-0.2, 0) is 20.8 Å². The first-order valence-corrected chi connectivity index (χ1v) is 13.5. The fourth-order valence-electron chi connectivity index (χ4n) is 3.47. The molecule has 1 aromatic rings. The molecule has 2 N–H and O–H groups in total. The van der Waals surface area contributed by atoms with E-state index in [9.17, 15) is 31.5 Å². The van der Waals surface area contributed by atoms with E-state index in [1.54, 1.807) is 0 Å². The second kappa shape index (κ2) is 13.7. The first-order chi connectivity index (χ1) is 15.8. The van der Waals surface area contributed by atoms with Crippen molar-refractivity contribution in [3.8, 4) is 6.07 Å². The molecule has 0 unspecified atom stereocenters. The minimum Gasteiger partial charge on any atom is -0.380 e. The Morgan fingerprint density at radius 1 is 1.03 bits per heavy atom. The molecule has 1 aromatic carbocycles. The predicted molar refractivity (Wildman–Crippen MR) is 126 cm³/mol. The highest BCUT2D eigenvalue weighted by molar-refractivity contribution is 7.91. The third-order valence-electron chi connectivity index (χ3n) is 5.62. The summed E-state index contributed by atoms with van der Waals surface area (Å²) in [7, 11) is -2.94. The predicted octanol–water partition coefficient (Wildman–Crippen LogP) is 5.60. The van der Waals surface area contributed by atoms with Crippen molar-refractivity contribution < 1.29 is 31.5 Å². The van der Waals surface area contributed by atoms with E-state index in [4.69, 9.17) is 5.26 Å². The molecule has 0 aromatic heterocycles. The molecule has 1 atom stereocenters. The third kappa shape index (κ3) is 10.9. The minimum atomic E-state index is -4.74. The maximum atomic E-state index is 13.1. The molecule has 0 aliphatic rings. The van der Waals surface area contributed by atoms with Crippen molar-refractivity contribution in [2.45, 2.75) is 89.8 Å². The standard InChI is InChI=1S/C24H35F3N2O4S/c1-3-4-15-34(32,33)16-11-9-7-5-6-8-10-14-23(2,31)22(30)29-20-13-12-19(18-28)21(17-20)24(25,26)27/h12-13,17,31H,3-11,14-16H2,1-2H3,(H,29,30)/t23-/m0/s1. The minimum absolute atomic E-state index is 0.145. The number of anilines is 1. The third-order valence-corrected chi connectivity index (χ3v) is 7.44. The Morgan fingerprint density at radius 3 is 2.15 bits per heavy atom. The summed E-state index contributed by atoms with van der Waals surface area (Å²) in [5.41, 5.74) is -3.59.